The Kier molecular flexibility index (Phi) is 2.68. The zero-order valence-electron chi connectivity index (χ0n) is 9.07. The van der Waals surface area contributed by atoms with E-state index in [1.807, 2.05) is 12.1 Å². The SMILES string of the molecule is CC(C)C(N)Cc1nc2ncccc2[nH]1. The second-order valence-corrected chi connectivity index (χ2v) is 4.17. The van der Waals surface area contributed by atoms with Crippen molar-refractivity contribution in [3.05, 3.63) is 24.2 Å². The molecule has 2 heterocycles. The maximum absolute atomic E-state index is 5.99. The molecule has 4 nitrogen and oxygen atoms in total. The van der Waals surface area contributed by atoms with Gasteiger partial charge in [-0.25, -0.2) is 9.97 Å². The van der Waals surface area contributed by atoms with Crippen LogP contribution in [-0.4, -0.2) is 21.0 Å². The van der Waals surface area contributed by atoms with Crippen LogP contribution >= 0.6 is 0 Å². The van der Waals surface area contributed by atoms with E-state index in [-0.39, 0.29) is 6.04 Å². The van der Waals surface area contributed by atoms with Crippen LogP contribution in [0.25, 0.3) is 11.2 Å². The van der Waals surface area contributed by atoms with Gasteiger partial charge in [-0.1, -0.05) is 13.8 Å². The van der Waals surface area contributed by atoms with E-state index in [1.54, 1.807) is 6.20 Å². The molecule has 15 heavy (non-hydrogen) atoms. The molecule has 0 saturated carbocycles. The van der Waals surface area contributed by atoms with Crippen LogP contribution in [0.2, 0.25) is 0 Å². The monoisotopic (exact) mass is 204 g/mol. The molecule has 2 aromatic heterocycles. The summed E-state index contributed by atoms with van der Waals surface area (Å²) in [5, 5.41) is 0. The van der Waals surface area contributed by atoms with Crippen LogP contribution in [0.5, 0.6) is 0 Å². The van der Waals surface area contributed by atoms with Crippen LogP contribution in [0.3, 0.4) is 0 Å². The Balaban J connectivity index is 2.22. The van der Waals surface area contributed by atoms with E-state index in [1.165, 1.54) is 0 Å². The lowest BCUT2D eigenvalue weighted by molar-refractivity contribution is 0.483. The number of nitrogens with zero attached hydrogens (tertiary/aromatic N) is 2. The number of fused-ring (bicyclic) bond motifs is 1. The number of imidazole rings is 1. The summed E-state index contributed by atoms with van der Waals surface area (Å²) in [6, 6.07) is 4.01. The quantitative estimate of drug-likeness (QED) is 0.795. The van der Waals surface area contributed by atoms with Gasteiger partial charge in [-0.2, -0.15) is 0 Å². The molecule has 4 heteroatoms. The average molecular weight is 204 g/mol. The average Bonchev–Trinajstić information content (AvgIpc) is 2.59. The van der Waals surface area contributed by atoms with Gasteiger partial charge in [0.1, 0.15) is 5.82 Å². The lowest BCUT2D eigenvalue weighted by atomic mass is 10.0. The molecule has 2 rings (SSSR count). The Hall–Kier alpha value is -1.42. The Labute approximate surface area is 88.9 Å². The summed E-state index contributed by atoms with van der Waals surface area (Å²) in [6.07, 6.45) is 2.52. The van der Waals surface area contributed by atoms with Crippen LogP contribution < -0.4 is 5.73 Å². The molecule has 0 bridgehead atoms. The van der Waals surface area contributed by atoms with Gasteiger partial charge in [0.2, 0.25) is 0 Å². The molecule has 0 aliphatic heterocycles. The lowest BCUT2D eigenvalue weighted by Gasteiger charge is -2.13. The van der Waals surface area contributed by atoms with Gasteiger partial charge in [-0.15, -0.1) is 0 Å². The first-order valence-electron chi connectivity index (χ1n) is 5.22. The molecule has 0 aromatic carbocycles. The smallest absolute Gasteiger partial charge is 0.177 e. The summed E-state index contributed by atoms with van der Waals surface area (Å²) in [4.78, 5) is 11.8. The highest BCUT2D eigenvalue weighted by Crippen LogP contribution is 2.10. The molecule has 0 aliphatic rings. The van der Waals surface area contributed by atoms with E-state index in [0.29, 0.717) is 5.92 Å². The first-order valence-corrected chi connectivity index (χ1v) is 5.22. The van der Waals surface area contributed by atoms with Crippen molar-refractivity contribution < 1.29 is 0 Å². The molecule has 80 valence electrons. The van der Waals surface area contributed by atoms with Gasteiger partial charge in [0.15, 0.2) is 5.65 Å². The molecular formula is C11H16N4. The van der Waals surface area contributed by atoms with Crippen molar-refractivity contribution >= 4 is 11.2 Å². The number of aromatic amines is 1. The van der Waals surface area contributed by atoms with E-state index < -0.39 is 0 Å². The Morgan fingerprint density at radius 1 is 1.47 bits per heavy atom. The number of nitrogens with one attached hydrogen (secondary N) is 1. The van der Waals surface area contributed by atoms with Gasteiger partial charge in [0, 0.05) is 18.7 Å². The van der Waals surface area contributed by atoms with Crippen LogP contribution in [0.15, 0.2) is 18.3 Å². The molecule has 0 saturated heterocycles. The van der Waals surface area contributed by atoms with Crippen LogP contribution in [-0.2, 0) is 6.42 Å². The van der Waals surface area contributed by atoms with E-state index in [9.17, 15) is 0 Å². The minimum atomic E-state index is 0.144. The Morgan fingerprint density at radius 3 is 2.93 bits per heavy atom. The zero-order chi connectivity index (χ0) is 10.8. The minimum Gasteiger partial charge on any atom is -0.341 e. The van der Waals surface area contributed by atoms with Crippen molar-refractivity contribution in [2.75, 3.05) is 0 Å². The molecule has 0 aliphatic carbocycles. The summed E-state index contributed by atoms with van der Waals surface area (Å²) in [6.45, 7) is 4.23. The number of pyridine rings is 1. The van der Waals surface area contributed by atoms with Crippen molar-refractivity contribution in [1.29, 1.82) is 0 Å². The zero-order valence-corrected chi connectivity index (χ0v) is 9.07. The normalized spacial score (nSPS) is 13.6. The van der Waals surface area contributed by atoms with E-state index in [4.69, 9.17) is 5.73 Å². The minimum absolute atomic E-state index is 0.144. The first-order chi connectivity index (χ1) is 7.16. The maximum Gasteiger partial charge on any atom is 0.177 e. The molecule has 0 spiro atoms. The van der Waals surface area contributed by atoms with E-state index >= 15 is 0 Å². The predicted molar refractivity (Wildman–Crippen MR) is 60.4 cm³/mol. The highest BCUT2D eigenvalue weighted by atomic mass is 15.0. The molecule has 1 atom stereocenters. The lowest BCUT2D eigenvalue weighted by Crippen LogP contribution is -2.29. The fraction of sp³-hybridized carbons (Fsp3) is 0.455. The molecule has 0 radical (unpaired) electrons. The number of aromatic nitrogens is 3. The van der Waals surface area contributed by atoms with Crippen LogP contribution in [0.4, 0.5) is 0 Å². The molecule has 0 amide bonds. The highest BCUT2D eigenvalue weighted by molar-refractivity contribution is 5.69. The van der Waals surface area contributed by atoms with E-state index in [2.05, 4.69) is 28.8 Å². The van der Waals surface area contributed by atoms with Crippen LogP contribution in [0.1, 0.15) is 19.7 Å². The predicted octanol–water partition coefficient (Wildman–Crippen LogP) is 1.48. The summed E-state index contributed by atoms with van der Waals surface area (Å²) < 4.78 is 0. The summed E-state index contributed by atoms with van der Waals surface area (Å²) >= 11 is 0. The van der Waals surface area contributed by atoms with Crippen molar-refractivity contribution in [3.8, 4) is 0 Å². The Morgan fingerprint density at radius 2 is 2.27 bits per heavy atom. The van der Waals surface area contributed by atoms with Gasteiger partial charge in [0.05, 0.1) is 5.52 Å². The third kappa shape index (κ3) is 2.15. The molecular weight excluding hydrogens is 188 g/mol. The summed E-state index contributed by atoms with van der Waals surface area (Å²) in [5.74, 6) is 1.39. The van der Waals surface area contributed by atoms with Crippen molar-refractivity contribution in [1.82, 2.24) is 15.0 Å². The van der Waals surface area contributed by atoms with Crippen molar-refractivity contribution in [3.63, 3.8) is 0 Å². The topological polar surface area (TPSA) is 67.6 Å². The third-order valence-electron chi connectivity index (χ3n) is 2.59. The van der Waals surface area contributed by atoms with Crippen LogP contribution in [0, 0.1) is 5.92 Å². The van der Waals surface area contributed by atoms with Gasteiger partial charge in [0.25, 0.3) is 0 Å². The molecule has 3 N–H and O–H groups in total. The highest BCUT2D eigenvalue weighted by Gasteiger charge is 2.11. The Bertz CT molecular complexity index is 414. The van der Waals surface area contributed by atoms with Gasteiger partial charge in [-0.3, -0.25) is 0 Å². The summed E-state index contributed by atoms with van der Waals surface area (Å²) in [7, 11) is 0. The molecule has 0 fully saturated rings. The molecule has 2 aromatic rings. The number of nitrogens with two attached hydrogens (primary N) is 1. The third-order valence-corrected chi connectivity index (χ3v) is 2.59. The number of H-pyrrole nitrogens is 1. The standard InChI is InChI=1S/C11H16N4/c1-7(2)8(12)6-10-14-9-4-3-5-13-11(9)15-10/h3-5,7-8H,6,12H2,1-2H3,(H,13,14,15). The van der Waals surface area contributed by atoms with Gasteiger partial charge >= 0.3 is 0 Å². The fourth-order valence-electron chi connectivity index (χ4n) is 1.45. The fourth-order valence-corrected chi connectivity index (χ4v) is 1.45. The second-order valence-electron chi connectivity index (χ2n) is 4.17. The van der Waals surface area contributed by atoms with Crippen molar-refractivity contribution in [2.24, 2.45) is 11.7 Å². The largest absolute Gasteiger partial charge is 0.341 e. The first kappa shape index (κ1) is 10.1. The van der Waals surface area contributed by atoms with Crippen molar-refractivity contribution in [2.45, 2.75) is 26.3 Å². The van der Waals surface area contributed by atoms with E-state index in [0.717, 1.165) is 23.4 Å². The molecule has 1 unspecified atom stereocenters. The number of hydrogen-bond acceptors (Lipinski definition) is 3. The van der Waals surface area contributed by atoms with Gasteiger partial charge < -0.3 is 10.7 Å². The van der Waals surface area contributed by atoms with Gasteiger partial charge in [-0.05, 0) is 18.1 Å². The number of rotatable bonds is 3. The second kappa shape index (κ2) is 3.98. The number of hydrogen-bond donors (Lipinski definition) is 2. The summed E-state index contributed by atoms with van der Waals surface area (Å²) in [5.41, 5.74) is 7.73. The maximum atomic E-state index is 5.99.